The summed E-state index contributed by atoms with van der Waals surface area (Å²) in [7, 11) is 4.29. The predicted octanol–water partition coefficient (Wildman–Crippen LogP) is 4.57. The third-order valence-corrected chi connectivity index (χ3v) is 4.00. The molecule has 2 rings (SSSR count). The zero-order valence-electron chi connectivity index (χ0n) is 14.5. The van der Waals surface area contributed by atoms with Crippen molar-refractivity contribution >= 4 is 33.7 Å². The zero-order chi connectivity index (χ0) is 19.4. The standard InChI is InChI=1S/C18H16Cl2O6/c1-9-5-10(6-12(18(20)22)16(9)25-4)26-15-7-11(17(19)21)13(23-2)8-14(15)24-3/h5-8H,1-4H3. The maximum atomic E-state index is 11.7. The van der Waals surface area contributed by atoms with Gasteiger partial charge in [0.2, 0.25) is 0 Å². The molecule has 26 heavy (non-hydrogen) atoms. The molecule has 0 saturated carbocycles. The number of carbonyl (C=O) groups excluding carboxylic acids is 2. The molecule has 0 aromatic heterocycles. The van der Waals surface area contributed by atoms with Crippen LogP contribution in [0.3, 0.4) is 0 Å². The summed E-state index contributed by atoms with van der Waals surface area (Å²) in [6.45, 7) is 1.74. The van der Waals surface area contributed by atoms with E-state index >= 15 is 0 Å². The number of hydrogen-bond donors (Lipinski definition) is 0. The maximum Gasteiger partial charge on any atom is 0.256 e. The average Bonchev–Trinajstić information content (AvgIpc) is 2.60. The highest BCUT2D eigenvalue weighted by Gasteiger charge is 2.19. The summed E-state index contributed by atoms with van der Waals surface area (Å²) in [5.41, 5.74) is 0.921. The minimum Gasteiger partial charge on any atom is -0.496 e. The van der Waals surface area contributed by atoms with Gasteiger partial charge in [0.05, 0.1) is 32.5 Å². The number of halogens is 2. The van der Waals surface area contributed by atoms with Gasteiger partial charge in [-0.3, -0.25) is 9.59 Å². The van der Waals surface area contributed by atoms with E-state index in [2.05, 4.69) is 0 Å². The molecule has 0 N–H and O–H groups in total. The summed E-state index contributed by atoms with van der Waals surface area (Å²) in [6, 6.07) is 5.98. The van der Waals surface area contributed by atoms with Crippen molar-refractivity contribution in [2.24, 2.45) is 0 Å². The van der Waals surface area contributed by atoms with Crippen LogP contribution >= 0.6 is 23.2 Å². The number of hydrogen-bond acceptors (Lipinski definition) is 6. The second-order valence-corrected chi connectivity index (χ2v) is 5.86. The van der Waals surface area contributed by atoms with Gasteiger partial charge in [0.25, 0.3) is 10.5 Å². The molecule has 8 heteroatoms. The smallest absolute Gasteiger partial charge is 0.256 e. The number of carbonyl (C=O) groups is 2. The highest BCUT2D eigenvalue weighted by atomic mass is 35.5. The fourth-order valence-electron chi connectivity index (χ4n) is 2.45. The van der Waals surface area contributed by atoms with Crippen LogP contribution in [0.4, 0.5) is 0 Å². The van der Waals surface area contributed by atoms with Crippen molar-refractivity contribution < 1.29 is 28.5 Å². The van der Waals surface area contributed by atoms with Crippen LogP contribution in [0.15, 0.2) is 24.3 Å². The van der Waals surface area contributed by atoms with E-state index in [1.807, 2.05) is 0 Å². The Morgan fingerprint density at radius 1 is 0.769 bits per heavy atom. The molecular weight excluding hydrogens is 383 g/mol. The molecule has 0 unspecified atom stereocenters. The van der Waals surface area contributed by atoms with E-state index in [-0.39, 0.29) is 22.6 Å². The van der Waals surface area contributed by atoms with Crippen molar-refractivity contribution in [1.82, 2.24) is 0 Å². The molecule has 2 aromatic rings. The highest BCUT2D eigenvalue weighted by molar-refractivity contribution is 6.68. The number of aryl methyl sites for hydroxylation is 1. The van der Waals surface area contributed by atoms with E-state index in [0.29, 0.717) is 22.8 Å². The largest absolute Gasteiger partial charge is 0.496 e. The molecule has 0 fully saturated rings. The Balaban J connectivity index is 2.56. The molecule has 0 saturated heterocycles. The summed E-state index contributed by atoms with van der Waals surface area (Å²) >= 11 is 11.2. The van der Waals surface area contributed by atoms with Crippen LogP contribution in [-0.2, 0) is 0 Å². The first-order valence-corrected chi connectivity index (χ1v) is 8.10. The van der Waals surface area contributed by atoms with Gasteiger partial charge in [0.15, 0.2) is 11.5 Å². The molecule has 138 valence electrons. The number of ether oxygens (including phenoxy) is 4. The van der Waals surface area contributed by atoms with Gasteiger partial charge in [-0.15, -0.1) is 0 Å². The molecule has 0 bridgehead atoms. The van der Waals surface area contributed by atoms with E-state index in [1.165, 1.54) is 39.5 Å². The van der Waals surface area contributed by atoms with Crippen LogP contribution in [0.2, 0.25) is 0 Å². The van der Waals surface area contributed by atoms with Crippen molar-refractivity contribution in [2.45, 2.75) is 6.92 Å². The SMILES string of the molecule is COc1cc(OC)c(C(=O)Cl)cc1Oc1cc(C)c(OC)c(C(=O)Cl)c1. The van der Waals surface area contributed by atoms with Gasteiger partial charge in [-0.25, -0.2) is 0 Å². The molecule has 0 amide bonds. The Kier molecular flexibility index (Phi) is 6.34. The second-order valence-electron chi connectivity index (χ2n) is 5.17. The van der Waals surface area contributed by atoms with Crippen molar-refractivity contribution in [2.75, 3.05) is 21.3 Å². The molecule has 0 spiro atoms. The molecular formula is C18H16Cl2O6. The van der Waals surface area contributed by atoms with Crippen LogP contribution < -0.4 is 18.9 Å². The highest BCUT2D eigenvalue weighted by Crippen LogP contribution is 2.39. The van der Waals surface area contributed by atoms with Gasteiger partial charge >= 0.3 is 0 Å². The molecule has 2 aromatic carbocycles. The molecule has 0 aliphatic heterocycles. The number of benzene rings is 2. The molecule has 0 atom stereocenters. The summed E-state index contributed by atoms with van der Waals surface area (Å²) in [5.74, 6) is 1.45. The third kappa shape index (κ3) is 4.03. The summed E-state index contributed by atoms with van der Waals surface area (Å²) < 4.78 is 21.4. The van der Waals surface area contributed by atoms with Gasteiger partial charge in [0, 0.05) is 12.1 Å². The minimum absolute atomic E-state index is 0.115. The maximum absolute atomic E-state index is 11.7. The van der Waals surface area contributed by atoms with Crippen molar-refractivity contribution in [3.63, 3.8) is 0 Å². The van der Waals surface area contributed by atoms with E-state index in [1.54, 1.807) is 13.0 Å². The Hall–Kier alpha value is -2.44. The van der Waals surface area contributed by atoms with Crippen LogP contribution in [-0.4, -0.2) is 31.8 Å². The van der Waals surface area contributed by atoms with Crippen LogP contribution in [0.5, 0.6) is 28.7 Å². The summed E-state index contributed by atoms with van der Waals surface area (Å²) in [6.07, 6.45) is 0. The summed E-state index contributed by atoms with van der Waals surface area (Å²) in [4.78, 5) is 23.3. The van der Waals surface area contributed by atoms with E-state index in [0.717, 1.165) is 0 Å². The van der Waals surface area contributed by atoms with Gasteiger partial charge in [-0.1, -0.05) is 0 Å². The Bertz CT molecular complexity index is 863. The topological polar surface area (TPSA) is 71.1 Å². The van der Waals surface area contributed by atoms with Gasteiger partial charge in [-0.2, -0.15) is 0 Å². The van der Waals surface area contributed by atoms with Gasteiger partial charge in [-0.05, 0) is 47.8 Å². The van der Waals surface area contributed by atoms with Crippen molar-refractivity contribution in [3.05, 3.63) is 41.0 Å². The van der Waals surface area contributed by atoms with Crippen molar-refractivity contribution in [1.29, 1.82) is 0 Å². The fourth-order valence-corrected chi connectivity index (χ4v) is 2.73. The van der Waals surface area contributed by atoms with Crippen LogP contribution in [0.25, 0.3) is 0 Å². The lowest BCUT2D eigenvalue weighted by Gasteiger charge is -2.16. The first-order chi connectivity index (χ1) is 12.3. The zero-order valence-corrected chi connectivity index (χ0v) is 16.0. The minimum atomic E-state index is -0.711. The van der Waals surface area contributed by atoms with E-state index < -0.39 is 10.5 Å². The quantitative estimate of drug-likeness (QED) is 0.636. The lowest BCUT2D eigenvalue weighted by molar-refractivity contribution is 0.107. The number of methoxy groups -OCH3 is 3. The van der Waals surface area contributed by atoms with Gasteiger partial charge < -0.3 is 18.9 Å². The fraction of sp³-hybridized carbons (Fsp3) is 0.222. The monoisotopic (exact) mass is 398 g/mol. The Morgan fingerprint density at radius 3 is 1.88 bits per heavy atom. The molecule has 6 nitrogen and oxygen atoms in total. The van der Waals surface area contributed by atoms with Gasteiger partial charge in [0.1, 0.15) is 17.2 Å². The predicted molar refractivity (Wildman–Crippen MR) is 97.7 cm³/mol. The normalized spacial score (nSPS) is 10.2. The third-order valence-electron chi connectivity index (χ3n) is 3.59. The van der Waals surface area contributed by atoms with E-state index in [4.69, 9.17) is 42.1 Å². The Morgan fingerprint density at radius 2 is 1.38 bits per heavy atom. The van der Waals surface area contributed by atoms with Crippen LogP contribution in [0.1, 0.15) is 26.3 Å². The van der Waals surface area contributed by atoms with E-state index in [9.17, 15) is 9.59 Å². The molecule has 0 aliphatic rings. The lowest BCUT2D eigenvalue weighted by atomic mass is 10.1. The number of rotatable bonds is 7. The summed E-state index contributed by atoms with van der Waals surface area (Å²) in [5, 5.41) is -1.40. The molecule has 0 aliphatic carbocycles. The Labute approximate surface area is 160 Å². The van der Waals surface area contributed by atoms with Crippen molar-refractivity contribution in [3.8, 4) is 28.7 Å². The molecule has 0 heterocycles. The second kappa shape index (κ2) is 8.29. The van der Waals surface area contributed by atoms with Crippen LogP contribution in [0, 0.1) is 6.92 Å². The lowest BCUT2D eigenvalue weighted by Crippen LogP contribution is -2.01. The average molecular weight is 399 g/mol. The molecule has 0 radical (unpaired) electrons. The first-order valence-electron chi connectivity index (χ1n) is 7.34. The first kappa shape index (κ1) is 19.9.